The minimum Gasteiger partial charge on any atom is -0.348 e. The van der Waals surface area contributed by atoms with Crippen LogP contribution in [0.4, 0.5) is 0 Å². The minimum atomic E-state index is -0.134. The van der Waals surface area contributed by atoms with E-state index in [2.05, 4.69) is 36.0 Å². The van der Waals surface area contributed by atoms with Crippen LogP contribution in [0.25, 0.3) is 0 Å². The van der Waals surface area contributed by atoms with Crippen LogP contribution in [0, 0.1) is 17.8 Å². The highest BCUT2D eigenvalue weighted by Crippen LogP contribution is 2.08. The highest BCUT2D eigenvalue weighted by molar-refractivity contribution is 5.92. The number of nitrogens with one attached hydrogen (secondary N) is 1. The van der Waals surface area contributed by atoms with Crippen molar-refractivity contribution >= 4 is 5.91 Å². The average molecular weight is 287 g/mol. The summed E-state index contributed by atoms with van der Waals surface area (Å²) >= 11 is 0. The van der Waals surface area contributed by atoms with Gasteiger partial charge in [0.25, 0.3) is 5.91 Å². The van der Waals surface area contributed by atoms with Crippen molar-refractivity contribution in [2.75, 3.05) is 6.54 Å². The zero-order valence-corrected chi connectivity index (χ0v) is 13.1. The molecule has 0 radical (unpaired) electrons. The van der Waals surface area contributed by atoms with Gasteiger partial charge in [0.2, 0.25) is 0 Å². The molecular weight excluding hydrogens is 262 g/mol. The van der Waals surface area contributed by atoms with Crippen molar-refractivity contribution in [3.05, 3.63) is 29.6 Å². The molecule has 1 unspecified atom stereocenters. The Bertz CT molecular complexity index is 497. The fraction of sp³-hybridized carbons (Fsp3) is 0.529. The molecule has 0 fully saturated rings. The summed E-state index contributed by atoms with van der Waals surface area (Å²) in [6.07, 6.45) is 4.90. The van der Waals surface area contributed by atoms with Crippen molar-refractivity contribution in [1.82, 2.24) is 10.3 Å². The number of carbonyl (C=O) groups is 1. The van der Waals surface area contributed by atoms with Crippen LogP contribution in [0.5, 0.6) is 0 Å². The van der Waals surface area contributed by atoms with Gasteiger partial charge in [-0.3, -0.25) is 4.79 Å². The zero-order chi connectivity index (χ0) is 15.7. The summed E-state index contributed by atoms with van der Waals surface area (Å²) in [5, 5.41) is 2.98. The molecule has 0 bridgehead atoms. The van der Waals surface area contributed by atoms with Crippen LogP contribution in [-0.2, 0) is 0 Å². The molecule has 1 aromatic heterocycles. The zero-order valence-electron chi connectivity index (χ0n) is 13.1. The molecule has 3 N–H and O–H groups in total. The summed E-state index contributed by atoms with van der Waals surface area (Å²) in [5.74, 6) is 6.21. The summed E-state index contributed by atoms with van der Waals surface area (Å²) in [4.78, 5) is 16.2. The summed E-state index contributed by atoms with van der Waals surface area (Å²) in [5.41, 5.74) is 6.50. The third-order valence-corrected chi connectivity index (χ3v) is 3.13. The Hall–Kier alpha value is -1.86. The summed E-state index contributed by atoms with van der Waals surface area (Å²) in [6, 6.07) is 3.64. The van der Waals surface area contributed by atoms with Crippen molar-refractivity contribution < 1.29 is 4.79 Å². The van der Waals surface area contributed by atoms with Gasteiger partial charge in [0, 0.05) is 17.8 Å². The molecule has 21 heavy (non-hydrogen) atoms. The monoisotopic (exact) mass is 287 g/mol. The largest absolute Gasteiger partial charge is 0.348 e. The van der Waals surface area contributed by atoms with Crippen molar-refractivity contribution in [1.29, 1.82) is 0 Å². The Labute approximate surface area is 127 Å². The van der Waals surface area contributed by atoms with Crippen LogP contribution in [0.2, 0.25) is 0 Å². The van der Waals surface area contributed by atoms with E-state index in [1.54, 1.807) is 18.3 Å². The molecule has 0 saturated heterocycles. The van der Waals surface area contributed by atoms with Crippen LogP contribution < -0.4 is 11.1 Å². The molecule has 1 heterocycles. The van der Waals surface area contributed by atoms with E-state index < -0.39 is 0 Å². The second-order valence-corrected chi connectivity index (χ2v) is 5.64. The number of hydrogen-bond acceptors (Lipinski definition) is 3. The molecule has 0 spiro atoms. The Balaban J connectivity index is 2.47. The van der Waals surface area contributed by atoms with Gasteiger partial charge in [-0.05, 0) is 31.4 Å². The number of nitrogens with two attached hydrogens (primary N) is 1. The lowest BCUT2D eigenvalue weighted by atomic mass is 10.0. The second-order valence-electron chi connectivity index (χ2n) is 5.64. The number of amides is 1. The molecule has 0 aromatic carbocycles. The number of aromatic nitrogens is 1. The van der Waals surface area contributed by atoms with Crippen molar-refractivity contribution in [2.45, 2.75) is 46.1 Å². The molecule has 114 valence electrons. The third-order valence-electron chi connectivity index (χ3n) is 3.13. The van der Waals surface area contributed by atoms with Gasteiger partial charge >= 0.3 is 0 Å². The average Bonchev–Trinajstić information content (AvgIpc) is 2.45. The molecule has 4 nitrogen and oxygen atoms in total. The van der Waals surface area contributed by atoms with E-state index in [1.807, 2.05) is 6.92 Å². The minimum absolute atomic E-state index is 0.134. The van der Waals surface area contributed by atoms with Crippen LogP contribution in [0.15, 0.2) is 18.3 Å². The first-order chi connectivity index (χ1) is 10.0. The fourth-order valence-electron chi connectivity index (χ4n) is 1.96. The first-order valence-corrected chi connectivity index (χ1v) is 7.48. The van der Waals surface area contributed by atoms with E-state index in [0.717, 1.165) is 18.4 Å². The van der Waals surface area contributed by atoms with Gasteiger partial charge in [-0.15, -0.1) is 0 Å². The molecular formula is C17H25N3O. The van der Waals surface area contributed by atoms with Crippen LogP contribution >= 0.6 is 0 Å². The molecule has 1 amide bonds. The predicted octanol–water partition coefficient (Wildman–Crippen LogP) is 2.34. The normalized spacial score (nSPS) is 11.7. The third kappa shape index (κ3) is 6.92. The van der Waals surface area contributed by atoms with Gasteiger partial charge < -0.3 is 11.1 Å². The first-order valence-electron chi connectivity index (χ1n) is 7.48. The van der Waals surface area contributed by atoms with Crippen LogP contribution in [0.1, 0.15) is 56.1 Å². The SMILES string of the molecule is CC(C)CCCC(C)NC(=O)c1ccc(C#CCN)cn1. The van der Waals surface area contributed by atoms with Gasteiger partial charge in [0.05, 0.1) is 6.54 Å². The number of rotatable bonds is 6. The maximum atomic E-state index is 12.0. The molecule has 4 heteroatoms. The second kappa shape index (κ2) is 9.15. The maximum Gasteiger partial charge on any atom is 0.270 e. The molecule has 0 saturated carbocycles. The number of carbonyl (C=O) groups excluding carboxylic acids is 1. The van der Waals surface area contributed by atoms with E-state index >= 15 is 0 Å². The number of hydrogen-bond donors (Lipinski definition) is 2. The lowest BCUT2D eigenvalue weighted by molar-refractivity contribution is 0.0932. The van der Waals surface area contributed by atoms with Crippen molar-refractivity contribution in [3.8, 4) is 11.8 Å². The molecule has 0 aliphatic rings. The summed E-state index contributed by atoms with van der Waals surface area (Å²) in [7, 11) is 0. The Kier molecular flexibility index (Phi) is 7.49. The fourth-order valence-corrected chi connectivity index (χ4v) is 1.96. The lowest BCUT2D eigenvalue weighted by Gasteiger charge is -2.14. The standard InChI is InChI=1S/C17H25N3O/c1-13(2)6-4-7-14(3)20-17(21)16-10-9-15(12-19-16)8-5-11-18/h9-10,12-14H,4,6-7,11,18H2,1-3H3,(H,20,21). The molecule has 1 atom stereocenters. The van der Waals surface area contributed by atoms with Crippen LogP contribution in [0.3, 0.4) is 0 Å². The lowest BCUT2D eigenvalue weighted by Crippen LogP contribution is -2.33. The molecule has 1 aromatic rings. The van der Waals surface area contributed by atoms with E-state index in [-0.39, 0.29) is 11.9 Å². The molecule has 1 rings (SSSR count). The van der Waals surface area contributed by atoms with E-state index in [1.165, 1.54) is 6.42 Å². The Morgan fingerprint density at radius 1 is 1.33 bits per heavy atom. The van der Waals surface area contributed by atoms with E-state index in [0.29, 0.717) is 18.2 Å². The number of pyridine rings is 1. The number of nitrogens with zero attached hydrogens (tertiary/aromatic N) is 1. The topological polar surface area (TPSA) is 68.0 Å². The summed E-state index contributed by atoms with van der Waals surface area (Å²) in [6.45, 7) is 6.76. The smallest absolute Gasteiger partial charge is 0.270 e. The van der Waals surface area contributed by atoms with Crippen LogP contribution in [-0.4, -0.2) is 23.5 Å². The van der Waals surface area contributed by atoms with Gasteiger partial charge in [-0.25, -0.2) is 4.98 Å². The molecule has 0 aliphatic heterocycles. The highest BCUT2D eigenvalue weighted by atomic mass is 16.1. The summed E-state index contributed by atoms with van der Waals surface area (Å²) < 4.78 is 0. The molecule has 0 aliphatic carbocycles. The van der Waals surface area contributed by atoms with E-state index in [4.69, 9.17) is 5.73 Å². The van der Waals surface area contributed by atoms with Gasteiger partial charge in [0.1, 0.15) is 5.69 Å². The van der Waals surface area contributed by atoms with Crippen molar-refractivity contribution in [3.63, 3.8) is 0 Å². The first kappa shape index (κ1) is 17.2. The maximum absolute atomic E-state index is 12.0. The van der Waals surface area contributed by atoms with E-state index in [9.17, 15) is 4.79 Å². The van der Waals surface area contributed by atoms with Gasteiger partial charge in [-0.2, -0.15) is 0 Å². The van der Waals surface area contributed by atoms with Gasteiger partial charge in [0.15, 0.2) is 0 Å². The highest BCUT2D eigenvalue weighted by Gasteiger charge is 2.10. The van der Waals surface area contributed by atoms with Crippen molar-refractivity contribution in [2.24, 2.45) is 11.7 Å². The predicted molar refractivity (Wildman–Crippen MR) is 85.8 cm³/mol. The quantitative estimate of drug-likeness (QED) is 0.789. The van der Waals surface area contributed by atoms with Gasteiger partial charge in [-0.1, -0.05) is 38.5 Å². The Morgan fingerprint density at radius 2 is 2.10 bits per heavy atom. The Morgan fingerprint density at radius 3 is 2.67 bits per heavy atom.